The van der Waals surface area contributed by atoms with Crippen LogP contribution in [-0.2, 0) is 0 Å². The molecule has 0 amide bonds. The SMILES string of the molecule is CSc1ccc(C(C#N)NC(C)C)cc1. The van der Waals surface area contributed by atoms with Crippen LogP contribution in [0.3, 0.4) is 0 Å². The molecule has 0 aliphatic rings. The van der Waals surface area contributed by atoms with Crippen molar-refractivity contribution in [3.63, 3.8) is 0 Å². The minimum Gasteiger partial charge on any atom is -0.296 e. The van der Waals surface area contributed by atoms with Crippen molar-refractivity contribution >= 4 is 11.8 Å². The molecule has 0 saturated carbocycles. The zero-order valence-electron chi connectivity index (χ0n) is 9.32. The minimum absolute atomic E-state index is 0.207. The van der Waals surface area contributed by atoms with Crippen molar-refractivity contribution in [1.82, 2.24) is 5.32 Å². The first-order valence-electron chi connectivity index (χ1n) is 4.97. The van der Waals surface area contributed by atoms with Crippen LogP contribution in [0.4, 0.5) is 0 Å². The van der Waals surface area contributed by atoms with Gasteiger partial charge in [-0.25, -0.2) is 0 Å². The Morgan fingerprint density at radius 2 is 1.87 bits per heavy atom. The molecule has 1 aromatic rings. The molecule has 0 aliphatic heterocycles. The summed E-state index contributed by atoms with van der Waals surface area (Å²) in [5.74, 6) is 0. The monoisotopic (exact) mass is 220 g/mol. The molecule has 0 heterocycles. The molecule has 15 heavy (non-hydrogen) atoms. The van der Waals surface area contributed by atoms with Crippen LogP contribution in [0.2, 0.25) is 0 Å². The standard InChI is InChI=1S/C12H16N2S/c1-9(2)14-12(8-13)10-4-6-11(15-3)7-5-10/h4-7,9,12,14H,1-3H3. The summed E-state index contributed by atoms with van der Waals surface area (Å²) in [5, 5.41) is 12.3. The van der Waals surface area contributed by atoms with Crippen molar-refractivity contribution in [2.75, 3.05) is 6.26 Å². The molecular weight excluding hydrogens is 204 g/mol. The van der Waals surface area contributed by atoms with E-state index in [1.54, 1.807) is 11.8 Å². The van der Waals surface area contributed by atoms with Gasteiger partial charge in [0.2, 0.25) is 0 Å². The molecule has 0 spiro atoms. The molecule has 0 bridgehead atoms. The van der Waals surface area contributed by atoms with Gasteiger partial charge >= 0.3 is 0 Å². The summed E-state index contributed by atoms with van der Waals surface area (Å²) in [7, 11) is 0. The second-order valence-electron chi connectivity index (χ2n) is 3.66. The van der Waals surface area contributed by atoms with Crippen LogP contribution in [0.25, 0.3) is 0 Å². The maximum absolute atomic E-state index is 9.04. The summed E-state index contributed by atoms with van der Waals surface area (Å²) in [6.45, 7) is 4.08. The summed E-state index contributed by atoms with van der Waals surface area (Å²) >= 11 is 1.71. The molecule has 1 atom stereocenters. The minimum atomic E-state index is -0.207. The van der Waals surface area contributed by atoms with E-state index in [0.717, 1.165) is 5.56 Å². The number of rotatable bonds is 4. The van der Waals surface area contributed by atoms with Gasteiger partial charge in [0, 0.05) is 10.9 Å². The number of hydrogen-bond acceptors (Lipinski definition) is 3. The second kappa shape index (κ2) is 5.79. The Bertz CT molecular complexity index is 338. The van der Waals surface area contributed by atoms with Crippen molar-refractivity contribution in [2.45, 2.75) is 30.8 Å². The van der Waals surface area contributed by atoms with Crippen LogP contribution in [0, 0.1) is 11.3 Å². The topological polar surface area (TPSA) is 35.8 Å². The summed E-state index contributed by atoms with van der Waals surface area (Å²) in [6, 6.07) is 10.5. The molecule has 0 aliphatic carbocycles. The lowest BCUT2D eigenvalue weighted by atomic mass is 10.1. The fourth-order valence-corrected chi connectivity index (χ4v) is 1.75. The molecule has 0 saturated heterocycles. The van der Waals surface area contributed by atoms with Gasteiger partial charge in [0.25, 0.3) is 0 Å². The van der Waals surface area contributed by atoms with Gasteiger partial charge in [0.05, 0.1) is 6.07 Å². The summed E-state index contributed by atoms with van der Waals surface area (Å²) in [6.07, 6.45) is 2.04. The van der Waals surface area contributed by atoms with Gasteiger partial charge in [-0.15, -0.1) is 11.8 Å². The molecule has 3 heteroatoms. The van der Waals surface area contributed by atoms with Gasteiger partial charge in [-0.1, -0.05) is 12.1 Å². The van der Waals surface area contributed by atoms with E-state index in [1.165, 1.54) is 4.90 Å². The Hall–Kier alpha value is -0.980. The summed E-state index contributed by atoms with van der Waals surface area (Å²) in [5.41, 5.74) is 1.03. The van der Waals surface area contributed by atoms with Crippen molar-refractivity contribution in [1.29, 1.82) is 5.26 Å². The first-order chi connectivity index (χ1) is 7.17. The van der Waals surface area contributed by atoms with E-state index in [4.69, 9.17) is 5.26 Å². The smallest absolute Gasteiger partial charge is 0.121 e. The maximum atomic E-state index is 9.04. The van der Waals surface area contributed by atoms with E-state index in [0.29, 0.717) is 6.04 Å². The quantitative estimate of drug-likeness (QED) is 0.792. The van der Waals surface area contributed by atoms with Crippen molar-refractivity contribution in [3.8, 4) is 6.07 Å². The zero-order chi connectivity index (χ0) is 11.3. The number of nitrogens with one attached hydrogen (secondary N) is 1. The molecule has 0 radical (unpaired) electrons. The third-order valence-electron chi connectivity index (χ3n) is 2.08. The second-order valence-corrected chi connectivity index (χ2v) is 4.54. The van der Waals surface area contributed by atoms with Crippen molar-refractivity contribution in [3.05, 3.63) is 29.8 Å². The third kappa shape index (κ3) is 3.58. The van der Waals surface area contributed by atoms with Crippen LogP contribution < -0.4 is 5.32 Å². The molecule has 1 rings (SSSR count). The number of nitriles is 1. The largest absolute Gasteiger partial charge is 0.296 e. The Balaban J connectivity index is 2.80. The van der Waals surface area contributed by atoms with Crippen LogP contribution >= 0.6 is 11.8 Å². The van der Waals surface area contributed by atoms with Crippen LogP contribution in [0.15, 0.2) is 29.2 Å². The summed E-state index contributed by atoms with van der Waals surface area (Å²) in [4.78, 5) is 1.22. The molecule has 2 nitrogen and oxygen atoms in total. The molecule has 1 aromatic carbocycles. The van der Waals surface area contributed by atoms with E-state index in [-0.39, 0.29) is 6.04 Å². The van der Waals surface area contributed by atoms with Crippen LogP contribution in [-0.4, -0.2) is 12.3 Å². The summed E-state index contributed by atoms with van der Waals surface area (Å²) < 4.78 is 0. The predicted octanol–water partition coefficient (Wildman–Crippen LogP) is 2.97. The molecule has 1 N–H and O–H groups in total. The predicted molar refractivity (Wildman–Crippen MR) is 64.8 cm³/mol. The lowest BCUT2D eigenvalue weighted by molar-refractivity contribution is 0.546. The number of hydrogen-bond donors (Lipinski definition) is 1. The fourth-order valence-electron chi connectivity index (χ4n) is 1.34. The van der Waals surface area contributed by atoms with E-state index in [2.05, 4.69) is 11.4 Å². The average molecular weight is 220 g/mol. The number of nitrogens with zero attached hydrogens (tertiary/aromatic N) is 1. The molecule has 0 fully saturated rings. The highest BCUT2D eigenvalue weighted by atomic mass is 32.2. The molecular formula is C12H16N2S. The maximum Gasteiger partial charge on any atom is 0.121 e. The Kier molecular flexibility index (Phi) is 4.67. The normalized spacial score (nSPS) is 12.5. The van der Waals surface area contributed by atoms with Crippen LogP contribution in [0.5, 0.6) is 0 Å². The van der Waals surface area contributed by atoms with Gasteiger partial charge in [0.1, 0.15) is 6.04 Å². The van der Waals surface area contributed by atoms with Gasteiger partial charge in [-0.05, 0) is 37.8 Å². The Morgan fingerprint density at radius 3 is 2.27 bits per heavy atom. The zero-order valence-corrected chi connectivity index (χ0v) is 10.1. The van der Waals surface area contributed by atoms with Crippen molar-refractivity contribution < 1.29 is 0 Å². The third-order valence-corrected chi connectivity index (χ3v) is 2.82. The van der Waals surface area contributed by atoms with Gasteiger partial charge in [-0.3, -0.25) is 5.32 Å². The number of benzene rings is 1. The highest BCUT2D eigenvalue weighted by Crippen LogP contribution is 2.19. The average Bonchev–Trinajstić information content (AvgIpc) is 2.26. The van der Waals surface area contributed by atoms with Gasteiger partial charge in [0.15, 0.2) is 0 Å². The lowest BCUT2D eigenvalue weighted by Gasteiger charge is -2.14. The van der Waals surface area contributed by atoms with E-state index in [9.17, 15) is 0 Å². The van der Waals surface area contributed by atoms with Crippen molar-refractivity contribution in [2.24, 2.45) is 0 Å². The first kappa shape index (κ1) is 12.1. The molecule has 0 aromatic heterocycles. The van der Waals surface area contributed by atoms with Gasteiger partial charge in [-0.2, -0.15) is 5.26 Å². The lowest BCUT2D eigenvalue weighted by Crippen LogP contribution is -2.27. The highest BCUT2D eigenvalue weighted by molar-refractivity contribution is 7.98. The Labute approximate surface area is 95.7 Å². The highest BCUT2D eigenvalue weighted by Gasteiger charge is 2.10. The Morgan fingerprint density at radius 1 is 1.27 bits per heavy atom. The van der Waals surface area contributed by atoms with E-state index < -0.39 is 0 Å². The van der Waals surface area contributed by atoms with E-state index >= 15 is 0 Å². The van der Waals surface area contributed by atoms with Gasteiger partial charge < -0.3 is 0 Å². The fraction of sp³-hybridized carbons (Fsp3) is 0.417. The molecule has 1 unspecified atom stereocenters. The van der Waals surface area contributed by atoms with E-state index in [1.807, 2.05) is 44.4 Å². The van der Waals surface area contributed by atoms with Crippen LogP contribution in [0.1, 0.15) is 25.5 Å². The molecule has 80 valence electrons. The first-order valence-corrected chi connectivity index (χ1v) is 6.19. The number of thioether (sulfide) groups is 1.